The average Bonchev–Trinajstić information content (AvgIpc) is 3.27. The second-order valence-electron chi connectivity index (χ2n) is 7.41. The van der Waals surface area contributed by atoms with Gasteiger partial charge < -0.3 is 5.32 Å². The van der Waals surface area contributed by atoms with Crippen LogP contribution in [0.5, 0.6) is 0 Å². The highest BCUT2D eigenvalue weighted by Gasteiger charge is 2.45. The topological polar surface area (TPSA) is 15.3 Å². The van der Waals surface area contributed by atoms with Crippen molar-refractivity contribution in [2.75, 3.05) is 13.1 Å². The van der Waals surface area contributed by atoms with E-state index < -0.39 is 0 Å². The predicted molar refractivity (Wildman–Crippen MR) is 89.4 cm³/mol. The molecule has 1 saturated carbocycles. The highest BCUT2D eigenvalue weighted by molar-refractivity contribution is 5.22. The molecule has 1 N–H and O–H groups in total. The van der Waals surface area contributed by atoms with Crippen LogP contribution >= 0.6 is 0 Å². The van der Waals surface area contributed by atoms with E-state index in [4.69, 9.17) is 0 Å². The Morgan fingerprint density at radius 1 is 1.33 bits per heavy atom. The third-order valence-electron chi connectivity index (χ3n) is 5.36. The first-order valence-electron chi connectivity index (χ1n) is 8.65. The van der Waals surface area contributed by atoms with Gasteiger partial charge in [0.2, 0.25) is 0 Å². The molecule has 1 saturated heterocycles. The number of nitrogens with one attached hydrogen (secondary N) is 1. The fourth-order valence-electron chi connectivity index (χ4n) is 3.93. The minimum absolute atomic E-state index is 0.341. The average molecular weight is 286 g/mol. The van der Waals surface area contributed by atoms with E-state index in [0.29, 0.717) is 11.6 Å². The molecule has 2 nitrogen and oxygen atoms in total. The molecule has 0 radical (unpaired) electrons. The van der Waals surface area contributed by atoms with Crippen LogP contribution in [-0.2, 0) is 6.54 Å². The van der Waals surface area contributed by atoms with Gasteiger partial charge in [-0.25, -0.2) is 0 Å². The predicted octanol–water partition coefficient (Wildman–Crippen LogP) is 3.74. The molecule has 1 aromatic rings. The monoisotopic (exact) mass is 286 g/mol. The Labute approximate surface area is 129 Å². The molecule has 116 valence electrons. The molecular formula is C19H30N2. The molecule has 2 heteroatoms. The van der Waals surface area contributed by atoms with Crippen LogP contribution in [0.4, 0.5) is 0 Å². The van der Waals surface area contributed by atoms with Gasteiger partial charge in [0.1, 0.15) is 0 Å². The van der Waals surface area contributed by atoms with Crippen molar-refractivity contribution < 1.29 is 0 Å². The summed E-state index contributed by atoms with van der Waals surface area (Å²) < 4.78 is 0. The molecule has 2 aliphatic rings. The SMILES string of the molecule is CCCC1CNC(C)(C2CC2)CN1Cc1cccc(C)c1. The summed E-state index contributed by atoms with van der Waals surface area (Å²) in [4.78, 5) is 2.74. The number of hydrogen-bond donors (Lipinski definition) is 1. The van der Waals surface area contributed by atoms with E-state index in [1.807, 2.05) is 0 Å². The summed E-state index contributed by atoms with van der Waals surface area (Å²) in [6, 6.07) is 9.72. The summed E-state index contributed by atoms with van der Waals surface area (Å²) in [7, 11) is 0. The van der Waals surface area contributed by atoms with E-state index in [2.05, 4.69) is 55.3 Å². The maximum absolute atomic E-state index is 3.88. The Morgan fingerprint density at radius 3 is 2.81 bits per heavy atom. The molecule has 2 unspecified atom stereocenters. The van der Waals surface area contributed by atoms with Gasteiger partial charge in [0.05, 0.1) is 0 Å². The first kappa shape index (κ1) is 15.1. The van der Waals surface area contributed by atoms with Gasteiger partial charge in [0.25, 0.3) is 0 Å². The van der Waals surface area contributed by atoms with Gasteiger partial charge in [-0.1, -0.05) is 43.2 Å². The number of benzene rings is 1. The van der Waals surface area contributed by atoms with Gasteiger partial charge in [-0.2, -0.15) is 0 Å². The molecule has 3 rings (SSSR count). The van der Waals surface area contributed by atoms with E-state index >= 15 is 0 Å². The summed E-state index contributed by atoms with van der Waals surface area (Å²) in [6.07, 6.45) is 5.41. The van der Waals surface area contributed by atoms with E-state index in [0.717, 1.165) is 19.0 Å². The highest BCUT2D eigenvalue weighted by Crippen LogP contribution is 2.41. The van der Waals surface area contributed by atoms with Crippen molar-refractivity contribution >= 4 is 0 Å². The van der Waals surface area contributed by atoms with E-state index in [1.165, 1.54) is 43.4 Å². The maximum Gasteiger partial charge on any atom is 0.0309 e. The summed E-state index contributed by atoms with van der Waals surface area (Å²) in [5, 5.41) is 3.88. The third kappa shape index (κ3) is 3.49. The van der Waals surface area contributed by atoms with Crippen LogP contribution in [0.3, 0.4) is 0 Å². The summed E-state index contributed by atoms with van der Waals surface area (Å²) >= 11 is 0. The molecule has 2 atom stereocenters. The van der Waals surface area contributed by atoms with Crippen LogP contribution in [0.2, 0.25) is 0 Å². The number of rotatable bonds is 5. The van der Waals surface area contributed by atoms with Crippen molar-refractivity contribution in [2.45, 2.75) is 64.6 Å². The highest BCUT2D eigenvalue weighted by atomic mass is 15.3. The first-order valence-corrected chi connectivity index (χ1v) is 8.65. The zero-order valence-electron chi connectivity index (χ0n) is 13.9. The van der Waals surface area contributed by atoms with Crippen LogP contribution in [0.25, 0.3) is 0 Å². The van der Waals surface area contributed by atoms with Gasteiger partial charge in [-0.3, -0.25) is 4.90 Å². The maximum atomic E-state index is 3.88. The fraction of sp³-hybridized carbons (Fsp3) is 0.684. The molecule has 0 bridgehead atoms. The van der Waals surface area contributed by atoms with Gasteiger partial charge >= 0.3 is 0 Å². The Bertz CT molecular complexity index is 480. The second-order valence-corrected chi connectivity index (χ2v) is 7.41. The van der Waals surface area contributed by atoms with Crippen molar-refractivity contribution in [3.63, 3.8) is 0 Å². The molecule has 1 heterocycles. The van der Waals surface area contributed by atoms with E-state index in [9.17, 15) is 0 Å². The Balaban J connectivity index is 1.73. The Morgan fingerprint density at radius 2 is 2.14 bits per heavy atom. The lowest BCUT2D eigenvalue weighted by Gasteiger charge is -2.47. The molecule has 2 fully saturated rings. The second kappa shape index (κ2) is 6.10. The molecule has 1 aliphatic heterocycles. The summed E-state index contributed by atoms with van der Waals surface area (Å²) in [5.41, 5.74) is 3.18. The molecule has 0 amide bonds. The number of nitrogens with zero attached hydrogens (tertiary/aromatic N) is 1. The van der Waals surface area contributed by atoms with E-state index in [-0.39, 0.29) is 0 Å². The van der Waals surface area contributed by atoms with Crippen LogP contribution < -0.4 is 5.32 Å². The lowest BCUT2D eigenvalue weighted by atomic mass is 9.89. The minimum atomic E-state index is 0.341. The minimum Gasteiger partial charge on any atom is -0.308 e. The quantitative estimate of drug-likeness (QED) is 0.887. The first-order chi connectivity index (χ1) is 10.1. The lowest BCUT2D eigenvalue weighted by Crippen LogP contribution is -2.63. The smallest absolute Gasteiger partial charge is 0.0309 e. The molecule has 0 spiro atoms. The summed E-state index contributed by atoms with van der Waals surface area (Å²) in [5.74, 6) is 0.903. The van der Waals surface area contributed by atoms with E-state index in [1.54, 1.807) is 0 Å². The van der Waals surface area contributed by atoms with Gasteiger partial charge in [-0.05, 0) is 44.6 Å². The van der Waals surface area contributed by atoms with Crippen molar-refractivity contribution in [1.82, 2.24) is 10.2 Å². The van der Waals surface area contributed by atoms with Crippen molar-refractivity contribution in [1.29, 1.82) is 0 Å². The van der Waals surface area contributed by atoms with Crippen molar-refractivity contribution in [3.05, 3.63) is 35.4 Å². The normalized spacial score (nSPS) is 30.5. The van der Waals surface area contributed by atoms with Crippen LogP contribution in [-0.4, -0.2) is 29.6 Å². The standard InChI is InChI=1S/C19H30N2/c1-4-6-18-12-20-19(3,17-9-10-17)14-21(18)13-16-8-5-7-15(2)11-16/h5,7-8,11,17-18,20H,4,6,9-10,12-14H2,1-3H3. The zero-order chi connectivity index (χ0) is 14.9. The molecular weight excluding hydrogens is 256 g/mol. The van der Waals surface area contributed by atoms with Gasteiger partial charge in [0, 0.05) is 31.2 Å². The largest absolute Gasteiger partial charge is 0.308 e. The number of aryl methyl sites for hydroxylation is 1. The summed E-state index contributed by atoms with van der Waals surface area (Å²) in [6.45, 7) is 10.4. The van der Waals surface area contributed by atoms with Crippen LogP contribution in [0.15, 0.2) is 24.3 Å². The Kier molecular flexibility index (Phi) is 4.37. The fourth-order valence-corrected chi connectivity index (χ4v) is 3.93. The third-order valence-corrected chi connectivity index (χ3v) is 5.36. The van der Waals surface area contributed by atoms with Crippen LogP contribution in [0, 0.1) is 12.8 Å². The molecule has 1 aliphatic carbocycles. The van der Waals surface area contributed by atoms with Gasteiger partial charge in [-0.15, -0.1) is 0 Å². The van der Waals surface area contributed by atoms with Crippen molar-refractivity contribution in [3.8, 4) is 0 Å². The number of hydrogen-bond acceptors (Lipinski definition) is 2. The zero-order valence-corrected chi connectivity index (χ0v) is 13.9. The molecule has 0 aromatic heterocycles. The lowest BCUT2D eigenvalue weighted by molar-refractivity contribution is 0.0638. The molecule has 1 aromatic carbocycles. The number of piperazine rings is 1. The van der Waals surface area contributed by atoms with Crippen molar-refractivity contribution in [2.24, 2.45) is 5.92 Å². The Hall–Kier alpha value is -0.860. The van der Waals surface area contributed by atoms with Crippen LogP contribution in [0.1, 0.15) is 50.7 Å². The molecule has 21 heavy (non-hydrogen) atoms. The van der Waals surface area contributed by atoms with Gasteiger partial charge in [0.15, 0.2) is 0 Å².